The number of thiophene rings is 2. The number of rotatable bonds is 0. The Morgan fingerprint density at radius 1 is 0.433 bits per heavy atom. The second-order valence-electron chi connectivity index (χ2n) is 7.70. The van der Waals surface area contributed by atoms with Crippen molar-refractivity contribution in [2.24, 2.45) is 0 Å². The zero-order valence-electron chi connectivity index (χ0n) is 15.6. The summed E-state index contributed by atoms with van der Waals surface area (Å²) in [6, 6.07) is 24.3. The molecule has 0 saturated carbocycles. The predicted octanol–water partition coefficient (Wildman–Crippen LogP) is 8.14. The van der Waals surface area contributed by atoms with Gasteiger partial charge in [-0.1, -0.05) is 24.3 Å². The molecule has 0 fully saturated rings. The molecule has 0 amide bonds. The Labute approximate surface area is 178 Å². The van der Waals surface area contributed by atoms with Gasteiger partial charge in [0.25, 0.3) is 0 Å². The van der Waals surface area contributed by atoms with Crippen LogP contribution in [0.15, 0.2) is 72.8 Å². The van der Waals surface area contributed by atoms with Crippen LogP contribution in [0.4, 0.5) is 0 Å². The van der Waals surface area contributed by atoms with E-state index in [2.05, 4.69) is 36.4 Å². The molecule has 2 N–H and O–H groups in total. The van der Waals surface area contributed by atoms with Crippen molar-refractivity contribution < 1.29 is 10.2 Å². The number of benzene rings is 5. The first-order chi connectivity index (χ1) is 14.7. The van der Waals surface area contributed by atoms with Gasteiger partial charge in [-0.05, 0) is 70.1 Å². The Bertz CT molecular complexity index is 1690. The van der Waals surface area contributed by atoms with Crippen LogP contribution >= 0.6 is 22.7 Å². The standard InChI is InChI=1S/C26H14O2S2/c27-15-5-1-13-3-7-19-23(17(13)11-15)25-21(29-19)9-10-22-26(25)24-18-12-16(28)6-2-14(18)4-8-20(24)30-22/h1-12,27-28H. The molecule has 0 aliphatic rings. The molecule has 2 aromatic heterocycles. The van der Waals surface area contributed by atoms with Crippen LogP contribution in [0.2, 0.25) is 0 Å². The first-order valence-electron chi connectivity index (χ1n) is 9.72. The summed E-state index contributed by atoms with van der Waals surface area (Å²) in [6.07, 6.45) is 0. The lowest BCUT2D eigenvalue weighted by Crippen LogP contribution is -1.78. The Balaban J connectivity index is 1.84. The van der Waals surface area contributed by atoms with E-state index in [1.807, 2.05) is 24.3 Å². The Morgan fingerprint density at radius 3 is 1.27 bits per heavy atom. The molecule has 0 atom stereocenters. The predicted molar refractivity (Wildman–Crippen MR) is 131 cm³/mol. The van der Waals surface area contributed by atoms with Crippen molar-refractivity contribution in [2.45, 2.75) is 0 Å². The summed E-state index contributed by atoms with van der Waals surface area (Å²) < 4.78 is 4.92. The van der Waals surface area contributed by atoms with Gasteiger partial charge in [0.05, 0.1) is 0 Å². The lowest BCUT2D eigenvalue weighted by atomic mass is 9.98. The van der Waals surface area contributed by atoms with E-state index in [9.17, 15) is 10.2 Å². The van der Waals surface area contributed by atoms with E-state index in [1.54, 1.807) is 34.8 Å². The SMILES string of the molecule is Oc1ccc2ccc3sc4ccc5sc6ccc7ccc(O)cc7c6c5c4c3c2c1. The van der Waals surface area contributed by atoms with E-state index in [-0.39, 0.29) is 11.5 Å². The molecular weight excluding hydrogens is 408 g/mol. The second kappa shape index (κ2) is 5.63. The highest BCUT2D eigenvalue weighted by Gasteiger charge is 2.17. The van der Waals surface area contributed by atoms with E-state index >= 15 is 0 Å². The van der Waals surface area contributed by atoms with Gasteiger partial charge < -0.3 is 10.2 Å². The van der Waals surface area contributed by atoms with Gasteiger partial charge in [-0.15, -0.1) is 22.7 Å². The van der Waals surface area contributed by atoms with Crippen LogP contribution in [0.5, 0.6) is 11.5 Å². The number of aromatic hydroxyl groups is 2. The highest BCUT2D eigenvalue weighted by molar-refractivity contribution is 7.28. The summed E-state index contributed by atoms with van der Waals surface area (Å²) in [5.74, 6) is 0.569. The Kier molecular flexibility index (Phi) is 3.09. The third kappa shape index (κ3) is 2.07. The zero-order chi connectivity index (χ0) is 20.0. The maximum atomic E-state index is 10.2. The topological polar surface area (TPSA) is 40.5 Å². The molecule has 0 spiro atoms. The Morgan fingerprint density at radius 2 is 0.800 bits per heavy atom. The summed E-state index contributed by atoms with van der Waals surface area (Å²) in [5.41, 5.74) is 0. The molecule has 0 bridgehead atoms. The summed E-state index contributed by atoms with van der Waals surface area (Å²) in [4.78, 5) is 0. The lowest BCUT2D eigenvalue weighted by Gasteiger charge is -2.05. The number of phenols is 2. The maximum Gasteiger partial charge on any atom is 0.116 e. The van der Waals surface area contributed by atoms with Crippen molar-refractivity contribution in [3.05, 3.63) is 72.8 Å². The smallest absolute Gasteiger partial charge is 0.116 e. The molecular formula is C26H14O2S2. The molecule has 2 nitrogen and oxygen atoms in total. The van der Waals surface area contributed by atoms with E-state index in [0.717, 1.165) is 21.5 Å². The van der Waals surface area contributed by atoms with Gasteiger partial charge in [0.2, 0.25) is 0 Å². The molecule has 0 unspecified atom stereocenters. The molecule has 0 aliphatic heterocycles. The quantitative estimate of drug-likeness (QED) is 0.259. The highest BCUT2D eigenvalue weighted by atomic mass is 32.1. The summed E-state index contributed by atoms with van der Waals surface area (Å²) in [7, 11) is 0. The number of phenolic OH excluding ortho intramolecular Hbond substituents is 2. The molecule has 7 aromatic rings. The van der Waals surface area contributed by atoms with Crippen LogP contribution in [0.25, 0.3) is 61.9 Å². The summed E-state index contributed by atoms with van der Waals surface area (Å²) in [6.45, 7) is 0. The average Bonchev–Trinajstić information content (AvgIpc) is 3.31. The molecule has 5 aromatic carbocycles. The zero-order valence-corrected chi connectivity index (χ0v) is 17.3. The van der Waals surface area contributed by atoms with Crippen molar-refractivity contribution in [2.75, 3.05) is 0 Å². The van der Waals surface area contributed by atoms with Gasteiger partial charge in [-0.2, -0.15) is 0 Å². The molecule has 30 heavy (non-hydrogen) atoms. The van der Waals surface area contributed by atoms with Gasteiger partial charge in [-0.25, -0.2) is 0 Å². The largest absolute Gasteiger partial charge is 0.508 e. The van der Waals surface area contributed by atoms with Gasteiger partial charge >= 0.3 is 0 Å². The van der Waals surface area contributed by atoms with Gasteiger partial charge in [-0.3, -0.25) is 0 Å². The van der Waals surface area contributed by atoms with E-state index in [0.29, 0.717) is 0 Å². The van der Waals surface area contributed by atoms with Crippen LogP contribution in [0.1, 0.15) is 0 Å². The van der Waals surface area contributed by atoms with Crippen LogP contribution in [-0.2, 0) is 0 Å². The Hall–Kier alpha value is -3.34. The van der Waals surface area contributed by atoms with E-state index in [1.165, 1.54) is 40.3 Å². The number of fused-ring (bicyclic) bond motifs is 11. The van der Waals surface area contributed by atoms with Crippen molar-refractivity contribution in [1.82, 2.24) is 0 Å². The molecule has 7 rings (SSSR count). The molecule has 2 heterocycles. The van der Waals surface area contributed by atoms with Crippen LogP contribution in [-0.4, -0.2) is 10.2 Å². The first kappa shape index (κ1) is 16.5. The maximum absolute atomic E-state index is 10.2. The fourth-order valence-corrected chi connectivity index (χ4v) is 6.99. The van der Waals surface area contributed by atoms with E-state index < -0.39 is 0 Å². The summed E-state index contributed by atoms with van der Waals surface area (Å²) in [5, 5.41) is 29.7. The molecule has 0 aliphatic carbocycles. The fourth-order valence-electron chi connectivity index (χ4n) is 4.73. The van der Waals surface area contributed by atoms with Crippen molar-refractivity contribution in [3.63, 3.8) is 0 Å². The molecule has 0 saturated heterocycles. The van der Waals surface area contributed by atoms with Gasteiger partial charge in [0.15, 0.2) is 0 Å². The third-order valence-corrected chi connectivity index (χ3v) is 8.24. The molecule has 4 heteroatoms. The monoisotopic (exact) mass is 422 g/mol. The van der Waals surface area contributed by atoms with E-state index in [4.69, 9.17) is 0 Å². The number of hydrogen-bond donors (Lipinski definition) is 2. The minimum Gasteiger partial charge on any atom is -0.508 e. The van der Waals surface area contributed by atoms with Crippen LogP contribution in [0, 0.1) is 0 Å². The highest BCUT2D eigenvalue weighted by Crippen LogP contribution is 2.48. The van der Waals surface area contributed by atoms with Crippen LogP contribution in [0.3, 0.4) is 0 Å². The van der Waals surface area contributed by atoms with Crippen LogP contribution < -0.4 is 0 Å². The minimum absolute atomic E-state index is 0.284. The molecule has 0 radical (unpaired) electrons. The first-order valence-corrected chi connectivity index (χ1v) is 11.4. The minimum atomic E-state index is 0.284. The third-order valence-electron chi connectivity index (χ3n) is 6.00. The summed E-state index contributed by atoms with van der Waals surface area (Å²) >= 11 is 3.58. The second-order valence-corrected chi connectivity index (χ2v) is 9.87. The van der Waals surface area contributed by atoms with Crippen molar-refractivity contribution in [3.8, 4) is 11.5 Å². The normalized spacial score (nSPS) is 12.3. The fraction of sp³-hybridized carbons (Fsp3) is 0. The van der Waals surface area contributed by atoms with Gasteiger partial charge in [0, 0.05) is 40.3 Å². The van der Waals surface area contributed by atoms with Crippen molar-refractivity contribution in [1.29, 1.82) is 0 Å². The lowest BCUT2D eigenvalue weighted by molar-refractivity contribution is 0.475. The van der Waals surface area contributed by atoms with Gasteiger partial charge in [0.1, 0.15) is 11.5 Å². The van der Waals surface area contributed by atoms with Crippen molar-refractivity contribution >= 4 is 84.6 Å². The molecule has 142 valence electrons. The number of hydrogen-bond acceptors (Lipinski definition) is 4. The average molecular weight is 423 g/mol.